The second-order valence-corrected chi connectivity index (χ2v) is 6.45. The van der Waals surface area contributed by atoms with E-state index in [0.717, 1.165) is 11.4 Å². The van der Waals surface area contributed by atoms with Crippen LogP contribution in [0.15, 0.2) is 24.3 Å². The van der Waals surface area contributed by atoms with Gasteiger partial charge in [-0.3, -0.25) is 4.79 Å². The minimum atomic E-state index is -0.331. The molecule has 4 rings (SSSR count). The van der Waals surface area contributed by atoms with Gasteiger partial charge in [-0.25, -0.2) is 9.97 Å². The van der Waals surface area contributed by atoms with Crippen molar-refractivity contribution < 1.29 is 19.0 Å². The largest absolute Gasteiger partial charge is 0.486 e. The molecule has 136 valence electrons. The van der Waals surface area contributed by atoms with E-state index in [-0.39, 0.29) is 12.0 Å². The molecule has 0 N–H and O–H groups in total. The number of morpholine rings is 1. The number of ether oxygens (including phenoxy) is 3. The molecule has 3 heterocycles. The first kappa shape index (κ1) is 16.8. The fraction of sp³-hybridized carbons (Fsp3) is 0.421. The molecule has 26 heavy (non-hydrogen) atoms. The van der Waals surface area contributed by atoms with Crippen LogP contribution in [0.5, 0.6) is 11.5 Å². The van der Waals surface area contributed by atoms with Gasteiger partial charge >= 0.3 is 0 Å². The standard InChI is InChI=1S/C19H21N3O4/c1-12-10-13(2)21-18(20-12)16-11-22(6-7-24-16)19(23)14-4-3-5-15-17(14)26-9-8-25-15/h3-5,10,16H,6-9,11H2,1-2H3. The van der Waals surface area contributed by atoms with Crippen molar-refractivity contribution in [2.45, 2.75) is 20.0 Å². The van der Waals surface area contributed by atoms with E-state index in [1.54, 1.807) is 11.0 Å². The summed E-state index contributed by atoms with van der Waals surface area (Å²) in [5, 5.41) is 0. The van der Waals surface area contributed by atoms with Gasteiger partial charge in [0.15, 0.2) is 17.3 Å². The zero-order valence-electron chi connectivity index (χ0n) is 14.9. The first-order valence-electron chi connectivity index (χ1n) is 8.73. The van der Waals surface area contributed by atoms with Crippen molar-refractivity contribution in [1.82, 2.24) is 14.9 Å². The number of carbonyl (C=O) groups is 1. The molecule has 1 saturated heterocycles. The topological polar surface area (TPSA) is 73.8 Å². The van der Waals surface area contributed by atoms with Gasteiger partial charge in [-0.2, -0.15) is 0 Å². The van der Waals surface area contributed by atoms with E-state index in [4.69, 9.17) is 14.2 Å². The highest BCUT2D eigenvalue weighted by atomic mass is 16.6. The van der Waals surface area contributed by atoms with E-state index in [0.29, 0.717) is 55.8 Å². The van der Waals surface area contributed by atoms with Gasteiger partial charge in [-0.15, -0.1) is 0 Å². The highest BCUT2D eigenvalue weighted by Gasteiger charge is 2.30. The van der Waals surface area contributed by atoms with E-state index in [1.165, 1.54) is 0 Å². The molecule has 7 nitrogen and oxygen atoms in total. The Balaban J connectivity index is 1.57. The predicted octanol–water partition coefficient (Wildman–Crippen LogP) is 2.08. The number of hydrogen-bond donors (Lipinski definition) is 0. The quantitative estimate of drug-likeness (QED) is 0.821. The molecule has 1 atom stereocenters. The fourth-order valence-electron chi connectivity index (χ4n) is 3.30. The fourth-order valence-corrected chi connectivity index (χ4v) is 3.30. The Hall–Kier alpha value is -2.67. The third-order valence-corrected chi connectivity index (χ3v) is 4.44. The van der Waals surface area contributed by atoms with Crippen molar-refractivity contribution in [3.63, 3.8) is 0 Å². The summed E-state index contributed by atoms with van der Waals surface area (Å²) in [6.07, 6.45) is -0.331. The molecule has 2 aromatic rings. The normalized spacial score (nSPS) is 19.3. The third kappa shape index (κ3) is 3.22. The van der Waals surface area contributed by atoms with Crippen LogP contribution >= 0.6 is 0 Å². The molecule has 1 amide bonds. The molecule has 0 radical (unpaired) electrons. The maximum Gasteiger partial charge on any atom is 0.257 e. The number of hydrogen-bond acceptors (Lipinski definition) is 6. The molecular formula is C19H21N3O4. The molecule has 2 aliphatic heterocycles. The average Bonchev–Trinajstić information content (AvgIpc) is 2.66. The van der Waals surface area contributed by atoms with E-state index >= 15 is 0 Å². The number of carbonyl (C=O) groups excluding carboxylic acids is 1. The first-order valence-corrected chi connectivity index (χ1v) is 8.73. The summed E-state index contributed by atoms with van der Waals surface area (Å²) in [6.45, 7) is 6.17. The van der Waals surface area contributed by atoms with Crippen LogP contribution in [0.3, 0.4) is 0 Å². The van der Waals surface area contributed by atoms with Gasteiger partial charge in [-0.1, -0.05) is 6.07 Å². The zero-order valence-corrected chi connectivity index (χ0v) is 14.9. The summed E-state index contributed by atoms with van der Waals surface area (Å²) in [6, 6.07) is 7.32. The van der Waals surface area contributed by atoms with Crippen LogP contribution in [0.1, 0.15) is 33.7 Å². The van der Waals surface area contributed by atoms with E-state index in [1.807, 2.05) is 32.0 Å². The van der Waals surface area contributed by atoms with Crippen LogP contribution in [-0.2, 0) is 4.74 Å². The molecule has 1 aromatic heterocycles. The molecule has 2 aliphatic rings. The molecule has 7 heteroatoms. The van der Waals surface area contributed by atoms with Gasteiger partial charge in [0.1, 0.15) is 19.3 Å². The Morgan fingerprint density at radius 1 is 1.12 bits per heavy atom. The monoisotopic (exact) mass is 355 g/mol. The number of rotatable bonds is 2. The van der Waals surface area contributed by atoms with Crippen LogP contribution in [-0.4, -0.2) is 53.7 Å². The average molecular weight is 355 g/mol. The van der Waals surface area contributed by atoms with Crippen molar-refractivity contribution in [2.75, 3.05) is 32.9 Å². The maximum atomic E-state index is 13.1. The lowest BCUT2D eigenvalue weighted by Crippen LogP contribution is -2.43. The number of nitrogens with zero attached hydrogens (tertiary/aromatic N) is 3. The minimum Gasteiger partial charge on any atom is -0.486 e. The lowest BCUT2D eigenvalue weighted by atomic mass is 10.1. The summed E-state index contributed by atoms with van der Waals surface area (Å²) >= 11 is 0. The van der Waals surface area contributed by atoms with E-state index in [9.17, 15) is 4.79 Å². The number of fused-ring (bicyclic) bond motifs is 1. The van der Waals surface area contributed by atoms with Crippen LogP contribution < -0.4 is 9.47 Å². The molecule has 1 fully saturated rings. The molecular weight excluding hydrogens is 334 g/mol. The van der Waals surface area contributed by atoms with Crippen molar-refractivity contribution in [2.24, 2.45) is 0 Å². The molecule has 0 spiro atoms. The molecule has 1 aromatic carbocycles. The summed E-state index contributed by atoms with van der Waals surface area (Å²) in [5.74, 6) is 1.67. The Labute approximate surface area is 151 Å². The zero-order chi connectivity index (χ0) is 18.1. The Kier molecular flexibility index (Phi) is 4.46. The van der Waals surface area contributed by atoms with Crippen LogP contribution in [0, 0.1) is 13.8 Å². The summed E-state index contributed by atoms with van der Waals surface area (Å²) in [5.41, 5.74) is 2.30. The van der Waals surface area contributed by atoms with E-state index in [2.05, 4.69) is 9.97 Å². The Morgan fingerprint density at radius 2 is 1.88 bits per heavy atom. The van der Waals surface area contributed by atoms with Crippen molar-refractivity contribution in [3.8, 4) is 11.5 Å². The minimum absolute atomic E-state index is 0.0926. The van der Waals surface area contributed by atoms with Crippen LogP contribution in [0.2, 0.25) is 0 Å². The second-order valence-electron chi connectivity index (χ2n) is 6.45. The number of para-hydroxylation sites is 1. The molecule has 0 aliphatic carbocycles. The van der Waals surface area contributed by atoms with Crippen molar-refractivity contribution >= 4 is 5.91 Å². The number of amides is 1. The van der Waals surface area contributed by atoms with E-state index < -0.39 is 0 Å². The van der Waals surface area contributed by atoms with Crippen LogP contribution in [0.4, 0.5) is 0 Å². The lowest BCUT2D eigenvalue weighted by Gasteiger charge is -2.33. The molecule has 0 saturated carbocycles. The third-order valence-electron chi connectivity index (χ3n) is 4.44. The first-order chi connectivity index (χ1) is 12.6. The van der Waals surface area contributed by atoms with Gasteiger partial charge in [0.2, 0.25) is 0 Å². The molecule has 0 bridgehead atoms. The second kappa shape index (κ2) is 6.92. The number of aryl methyl sites for hydroxylation is 2. The Bertz CT molecular complexity index is 819. The molecule has 1 unspecified atom stereocenters. The maximum absolute atomic E-state index is 13.1. The number of aromatic nitrogens is 2. The summed E-state index contributed by atoms with van der Waals surface area (Å²) in [7, 11) is 0. The van der Waals surface area contributed by atoms with Crippen LogP contribution in [0.25, 0.3) is 0 Å². The highest BCUT2D eigenvalue weighted by molar-refractivity contribution is 5.98. The van der Waals surface area contributed by atoms with Gasteiger partial charge < -0.3 is 19.1 Å². The van der Waals surface area contributed by atoms with Gasteiger partial charge in [-0.05, 0) is 32.0 Å². The van der Waals surface area contributed by atoms with Gasteiger partial charge in [0.25, 0.3) is 5.91 Å². The number of benzene rings is 1. The smallest absolute Gasteiger partial charge is 0.257 e. The van der Waals surface area contributed by atoms with Crippen molar-refractivity contribution in [3.05, 3.63) is 47.0 Å². The summed E-state index contributed by atoms with van der Waals surface area (Å²) in [4.78, 5) is 23.8. The Morgan fingerprint density at radius 3 is 2.69 bits per heavy atom. The summed E-state index contributed by atoms with van der Waals surface area (Å²) < 4.78 is 17.1. The van der Waals surface area contributed by atoms with Gasteiger partial charge in [0.05, 0.1) is 18.7 Å². The lowest BCUT2D eigenvalue weighted by molar-refractivity contribution is -0.0271. The SMILES string of the molecule is Cc1cc(C)nc(C2CN(C(=O)c3cccc4c3OCCO4)CCO2)n1. The van der Waals surface area contributed by atoms with Gasteiger partial charge in [0, 0.05) is 17.9 Å². The van der Waals surface area contributed by atoms with Crippen molar-refractivity contribution in [1.29, 1.82) is 0 Å². The highest BCUT2D eigenvalue weighted by Crippen LogP contribution is 2.35. The predicted molar refractivity (Wildman–Crippen MR) is 93.5 cm³/mol.